The molecule has 2 heterocycles. The molecular formula is C22H19N3O5S. The van der Waals surface area contributed by atoms with Gasteiger partial charge in [0.1, 0.15) is 5.75 Å². The van der Waals surface area contributed by atoms with Gasteiger partial charge in [0.2, 0.25) is 5.91 Å². The van der Waals surface area contributed by atoms with Crippen LogP contribution >= 0.6 is 11.3 Å². The second kappa shape index (κ2) is 8.19. The van der Waals surface area contributed by atoms with Crippen molar-refractivity contribution in [3.05, 3.63) is 86.1 Å². The number of anilines is 1. The lowest BCUT2D eigenvalue weighted by Gasteiger charge is -2.39. The molecule has 1 N–H and O–H groups in total. The molecule has 2 unspecified atom stereocenters. The fraction of sp³-hybridized carbons (Fsp3) is 0.182. The van der Waals surface area contributed by atoms with Crippen LogP contribution in [0.4, 0.5) is 11.4 Å². The summed E-state index contributed by atoms with van der Waals surface area (Å²) in [4.78, 5) is 39.6. The molecule has 9 heteroatoms. The molecule has 0 spiro atoms. The Hall–Kier alpha value is -3.72. The van der Waals surface area contributed by atoms with Gasteiger partial charge in [-0.3, -0.25) is 19.7 Å². The van der Waals surface area contributed by atoms with Crippen molar-refractivity contribution in [1.29, 1.82) is 0 Å². The quantitative estimate of drug-likeness (QED) is 0.476. The van der Waals surface area contributed by atoms with Crippen LogP contribution in [-0.4, -0.2) is 35.8 Å². The predicted octanol–water partition coefficient (Wildman–Crippen LogP) is 4.21. The second-order valence-electron chi connectivity index (χ2n) is 7.07. The van der Waals surface area contributed by atoms with Crippen LogP contribution in [0.15, 0.2) is 60.0 Å². The summed E-state index contributed by atoms with van der Waals surface area (Å²) >= 11 is 1.46. The Kier molecular flexibility index (Phi) is 5.43. The van der Waals surface area contributed by atoms with E-state index < -0.39 is 16.9 Å². The molecule has 8 nitrogen and oxygen atoms in total. The Labute approximate surface area is 182 Å². The fourth-order valence-electron chi connectivity index (χ4n) is 3.89. The Balaban J connectivity index is 1.79. The van der Waals surface area contributed by atoms with Gasteiger partial charge < -0.3 is 15.0 Å². The minimum Gasteiger partial charge on any atom is -0.495 e. The number of likely N-dealkylation sites (N-methyl/N-ethyl adjacent to an activating group) is 1. The number of rotatable bonds is 5. The van der Waals surface area contributed by atoms with E-state index in [1.165, 1.54) is 36.6 Å². The number of fused-ring (bicyclic) bond motifs is 1. The number of carbonyl (C=O) groups excluding carboxylic acids is 2. The molecule has 0 aliphatic carbocycles. The summed E-state index contributed by atoms with van der Waals surface area (Å²) in [5.41, 5.74) is 1.11. The maximum atomic E-state index is 13.6. The van der Waals surface area contributed by atoms with Crippen molar-refractivity contribution in [2.45, 2.75) is 12.0 Å². The normalized spacial score (nSPS) is 17.7. The van der Waals surface area contributed by atoms with Gasteiger partial charge in [0.05, 0.1) is 29.7 Å². The molecule has 2 atom stereocenters. The highest BCUT2D eigenvalue weighted by Gasteiger charge is 2.43. The van der Waals surface area contributed by atoms with Crippen LogP contribution < -0.4 is 10.1 Å². The second-order valence-corrected chi connectivity index (χ2v) is 8.05. The highest BCUT2D eigenvalue weighted by molar-refractivity contribution is 7.10. The van der Waals surface area contributed by atoms with E-state index in [9.17, 15) is 19.7 Å². The van der Waals surface area contributed by atoms with Gasteiger partial charge in [0.25, 0.3) is 11.6 Å². The topological polar surface area (TPSA) is 102 Å². The third-order valence-corrected chi connectivity index (χ3v) is 6.29. The fourth-order valence-corrected chi connectivity index (χ4v) is 4.80. The first-order valence-corrected chi connectivity index (χ1v) is 10.3. The van der Waals surface area contributed by atoms with Crippen LogP contribution in [0.3, 0.4) is 0 Å². The monoisotopic (exact) mass is 437 g/mol. The predicted molar refractivity (Wildman–Crippen MR) is 117 cm³/mol. The number of nitrogens with one attached hydrogen (secondary N) is 1. The molecule has 0 radical (unpaired) electrons. The van der Waals surface area contributed by atoms with Crippen LogP contribution in [0.25, 0.3) is 0 Å². The standard InChI is InChI=1S/C22H19N3O5S/c1-24-20(18-8-5-11-31-18)19(14-6-3-4-7-15(14)22(24)27)21(26)23-16-12-13(25(28)29)9-10-17(16)30-2/h3-12,19-20H,1-2H3,(H,23,26). The van der Waals surface area contributed by atoms with Gasteiger partial charge in [0, 0.05) is 29.6 Å². The maximum absolute atomic E-state index is 13.6. The number of non-ortho nitro benzene ring substituents is 1. The van der Waals surface area contributed by atoms with Crippen molar-refractivity contribution >= 4 is 34.5 Å². The summed E-state index contributed by atoms with van der Waals surface area (Å²) in [6.45, 7) is 0. The van der Waals surface area contributed by atoms with E-state index in [-0.39, 0.29) is 23.2 Å². The average Bonchev–Trinajstić information content (AvgIpc) is 3.30. The average molecular weight is 437 g/mol. The number of hydrogen-bond acceptors (Lipinski definition) is 6. The number of nitrogens with zero attached hydrogens (tertiary/aromatic N) is 2. The molecule has 0 saturated carbocycles. The van der Waals surface area contributed by atoms with Crippen molar-refractivity contribution in [2.75, 3.05) is 19.5 Å². The summed E-state index contributed by atoms with van der Waals surface area (Å²) in [5, 5.41) is 15.9. The Bertz CT molecular complexity index is 1160. The Morgan fingerprint density at radius 2 is 1.97 bits per heavy atom. The lowest BCUT2D eigenvalue weighted by molar-refractivity contribution is -0.384. The van der Waals surface area contributed by atoms with E-state index in [1.807, 2.05) is 17.5 Å². The minimum absolute atomic E-state index is 0.161. The summed E-state index contributed by atoms with van der Waals surface area (Å²) in [6.07, 6.45) is 0. The number of hydrogen-bond donors (Lipinski definition) is 1. The van der Waals surface area contributed by atoms with E-state index in [1.54, 1.807) is 36.2 Å². The molecule has 0 saturated heterocycles. The molecule has 4 rings (SSSR count). The lowest BCUT2D eigenvalue weighted by atomic mass is 9.81. The number of nitro benzene ring substituents is 1. The van der Waals surface area contributed by atoms with Gasteiger partial charge in [-0.15, -0.1) is 11.3 Å². The molecule has 31 heavy (non-hydrogen) atoms. The number of thiophene rings is 1. The molecule has 0 fully saturated rings. The van der Waals surface area contributed by atoms with Crippen molar-refractivity contribution in [1.82, 2.24) is 4.90 Å². The number of benzene rings is 2. The number of carbonyl (C=O) groups is 2. The van der Waals surface area contributed by atoms with Crippen molar-refractivity contribution in [3.8, 4) is 5.75 Å². The van der Waals surface area contributed by atoms with Gasteiger partial charge in [-0.2, -0.15) is 0 Å². The van der Waals surface area contributed by atoms with E-state index in [4.69, 9.17) is 4.74 Å². The molecule has 3 aromatic rings. The van der Waals surface area contributed by atoms with Gasteiger partial charge in [0.15, 0.2) is 0 Å². The summed E-state index contributed by atoms with van der Waals surface area (Å²) in [7, 11) is 3.10. The van der Waals surface area contributed by atoms with Crippen LogP contribution in [0, 0.1) is 10.1 Å². The first-order valence-electron chi connectivity index (χ1n) is 9.45. The Morgan fingerprint density at radius 1 is 1.19 bits per heavy atom. The zero-order valence-corrected chi connectivity index (χ0v) is 17.6. The third kappa shape index (κ3) is 3.64. The van der Waals surface area contributed by atoms with Crippen molar-refractivity contribution in [2.24, 2.45) is 0 Å². The van der Waals surface area contributed by atoms with E-state index >= 15 is 0 Å². The third-order valence-electron chi connectivity index (χ3n) is 5.35. The van der Waals surface area contributed by atoms with E-state index in [2.05, 4.69) is 5.32 Å². The zero-order valence-electron chi connectivity index (χ0n) is 16.8. The number of nitro groups is 1. The highest BCUT2D eigenvalue weighted by atomic mass is 32.1. The van der Waals surface area contributed by atoms with Crippen LogP contribution in [-0.2, 0) is 4.79 Å². The molecule has 1 aliphatic heterocycles. The van der Waals surface area contributed by atoms with Crippen LogP contribution in [0.5, 0.6) is 5.75 Å². The lowest BCUT2D eigenvalue weighted by Crippen LogP contribution is -2.43. The summed E-state index contributed by atoms with van der Waals surface area (Å²) < 4.78 is 5.28. The Morgan fingerprint density at radius 3 is 2.65 bits per heavy atom. The molecular weight excluding hydrogens is 418 g/mol. The largest absolute Gasteiger partial charge is 0.495 e. The molecule has 158 valence electrons. The molecule has 0 bridgehead atoms. The summed E-state index contributed by atoms with van der Waals surface area (Å²) in [6, 6.07) is 14.3. The van der Waals surface area contributed by atoms with Gasteiger partial charge in [-0.25, -0.2) is 0 Å². The van der Waals surface area contributed by atoms with Crippen LogP contribution in [0.1, 0.15) is 32.8 Å². The summed E-state index contributed by atoms with van der Waals surface area (Å²) in [5.74, 6) is -0.948. The van der Waals surface area contributed by atoms with Crippen LogP contribution in [0.2, 0.25) is 0 Å². The smallest absolute Gasteiger partial charge is 0.271 e. The van der Waals surface area contributed by atoms with Crippen molar-refractivity contribution in [3.63, 3.8) is 0 Å². The molecule has 1 aliphatic rings. The van der Waals surface area contributed by atoms with E-state index in [0.717, 1.165) is 4.88 Å². The zero-order chi connectivity index (χ0) is 22.1. The van der Waals surface area contributed by atoms with Gasteiger partial charge >= 0.3 is 0 Å². The number of amides is 2. The molecule has 2 aromatic carbocycles. The molecule has 2 amide bonds. The first-order chi connectivity index (χ1) is 14.9. The number of ether oxygens (including phenoxy) is 1. The van der Waals surface area contributed by atoms with E-state index in [0.29, 0.717) is 16.9 Å². The number of methoxy groups -OCH3 is 1. The maximum Gasteiger partial charge on any atom is 0.271 e. The first kappa shape index (κ1) is 20.5. The van der Waals surface area contributed by atoms with Gasteiger partial charge in [-0.05, 0) is 29.1 Å². The van der Waals surface area contributed by atoms with Crippen molar-refractivity contribution < 1.29 is 19.2 Å². The molecule has 1 aromatic heterocycles. The SMILES string of the molecule is COc1ccc([N+](=O)[O-])cc1NC(=O)C1c2ccccc2C(=O)N(C)C1c1cccs1. The highest BCUT2D eigenvalue weighted by Crippen LogP contribution is 2.44. The van der Waals surface area contributed by atoms with Gasteiger partial charge in [-0.1, -0.05) is 24.3 Å². The minimum atomic E-state index is -0.707.